The van der Waals surface area contributed by atoms with E-state index in [1.165, 1.54) is 22.9 Å². The first-order valence-corrected chi connectivity index (χ1v) is 11.7. The largest absolute Gasteiger partial charge is 0.452 e. The number of sulfonamides is 1. The molecule has 0 spiro atoms. The van der Waals surface area contributed by atoms with E-state index in [0.717, 1.165) is 19.3 Å². The lowest BCUT2D eigenvalue weighted by molar-refractivity contribution is -0.125. The van der Waals surface area contributed by atoms with Crippen molar-refractivity contribution in [2.75, 3.05) is 19.7 Å². The molecule has 0 radical (unpaired) electrons. The summed E-state index contributed by atoms with van der Waals surface area (Å²) < 4.78 is 32.1. The molecule has 1 saturated carbocycles. The number of rotatable bonds is 8. The van der Waals surface area contributed by atoms with E-state index in [2.05, 4.69) is 12.2 Å². The molecule has 0 heterocycles. The number of ether oxygens (including phenoxy) is 1. The van der Waals surface area contributed by atoms with Crippen LogP contribution in [0.2, 0.25) is 0 Å². The molecule has 0 aliphatic heterocycles. The van der Waals surface area contributed by atoms with Gasteiger partial charge in [-0.25, -0.2) is 13.2 Å². The van der Waals surface area contributed by atoms with Gasteiger partial charge in [0.25, 0.3) is 5.91 Å². The molecule has 162 valence electrons. The van der Waals surface area contributed by atoms with E-state index in [4.69, 9.17) is 4.74 Å². The standard InChI is InChI=1S/C21H32N2O5S/c1-5-23(6-2)29(26,27)19-13-17(12-11-16(19)4)21(25)28-14-20(24)22-18-10-8-7-9-15(18)3/h11-13,15,18H,5-10,14H2,1-4H3,(H,22,24)/t15-,18+/m0/s1. The fourth-order valence-corrected chi connectivity index (χ4v) is 5.41. The van der Waals surface area contributed by atoms with Gasteiger partial charge in [-0.1, -0.05) is 39.7 Å². The Morgan fingerprint density at radius 2 is 1.83 bits per heavy atom. The molecule has 1 aromatic carbocycles. The number of nitrogens with one attached hydrogen (secondary N) is 1. The molecule has 1 fully saturated rings. The summed E-state index contributed by atoms with van der Waals surface area (Å²) in [6, 6.07) is 4.53. The van der Waals surface area contributed by atoms with Crippen LogP contribution in [0.3, 0.4) is 0 Å². The van der Waals surface area contributed by atoms with Crippen LogP contribution in [-0.2, 0) is 19.6 Å². The summed E-state index contributed by atoms with van der Waals surface area (Å²) in [5.74, 6) is -0.638. The van der Waals surface area contributed by atoms with Gasteiger partial charge >= 0.3 is 5.97 Å². The first kappa shape index (κ1) is 23.3. The Morgan fingerprint density at radius 1 is 1.17 bits per heavy atom. The maximum absolute atomic E-state index is 12.8. The van der Waals surface area contributed by atoms with E-state index in [0.29, 0.717) is 24.6 Å². The Balaban J connectivity index is 2.05. The summed E-state index contributed by atoms with van der Waals surface area (Å²) in [5, 5.41) is 2.93. The van der Waals surface area contributed by atoms with Gasteiger partial charge in [0, 0.05) is 19.1 Å². The number of carbonyl (C=O) groups is 2. The smallest absolute Gasteiger partial charge is 0.338 e. The Labute approximate surface area is 173 Å². The van der Waals surface area contributed by atoms with Gasteiger partial charge in [-0.2, -0.15) is 4.31 Å². The minimum atomic E-state index is -3.70. The molecule has 1 N–H and O–H groups in total. The van der Waals surface area contributed by atoms with Gasteiger partial charge in [-0.3, -0.25) is 4.79 Å². The fraction of sp³-hybridized carbons (Fsp3) is 0.619. The van der Waals surface area contributed by atoms with E-state index >= 15 is 0 Å². The second-order valence-corrected chi connectivity index (χ2v) is 9.49. The number of hydrogen-bond acceptors (Lipinski definition) is 5. The van der Waals surface area contributed by atoms with Crippen molar-refractivity contribution < 1.29 is 22.7 Å². The zero-order valence-electron chi connectivity index (χ0n) is 17.7. The zero-order valence-corrected chi connectivity index (χ0v) is 18.5. The summed E-state index contributed by atoms with van der Waals surface area (Å²) >= 11 is 0. The quantitative estimate of drug-likeness (QED) is 0.648. The number of amides is 1. The third kappa shape index (κ3) is 5.79. The van der Waals surface area contributed by atoms with Crippen molar-refractivity contribution in [3.8, 4) is 0 Å². The van der Waals surface area contributed by atoms with Crippen LogP contribution >= 0.6 is 0 Å². The number of esters is 1. The molecule has 1 aromatic rings. The molecule has 8 heteroatoms. The minimum absolute atomic E-state index is 0.0798. The van der Waals surface area contributed by atoms with Crippen LogP contribution in [0.25, 0.3) is 0 Å². The van der Waals surface area contributed by atoms with Crippen LogP contribution in [0.4, 0.5) is 0 Å². The molecule has 0 bridgehead atoms. The van der Waals surface area contributed by atoms with Crippen LogP contribution in [0.15, 0.2) is 23.1 Å². The molecule has 0 saturated heterocycles. The van der Waals surface area contributed by atoms with E-state index in [-0.39, 0.29) is 29.0 Å². The number of carbonyl (C=O) groups excluding carboxylic acids is 2. The van der Waals surface area contributed by atoms with Crippen LogP contribution in [0.5, 0.6) is 0 Å². The lowest BCUT2D eigenvalue weighted by Crippen LogP contribution is -2.42. The number of aryl methyl sites for hydroxylation is 1. The Kier molecular flexibility index (Phi) is 8.22. The highest BCUT2D eigenvalue weighted by Gasteiger charge is 2.26. The van der Waals surface area contributed by atoms with Crippen molar-refractivity contribution >= 4 is 21.9 Å². The van der Waals surface area contributed by atoms with Gasteiger partial charge in [-0.15, -0.1) is 0 Å². The molecule has 7 nitrogen and oxygen atoms in total. The third-order valence-electron chi connectivity index (χ3n) is 5.54. The molecule has 2 rings (SSSR count). The van der Waals surface area contributed by atoms with Crippen molar-refractivity contribution in [3.63, 3.8) is 0 Å². The molecule has 0 unspecified atom stereocenters. The highest BCUT2D eigenvalue weighted by molar-refractivity contribution is 7.89. The van der Waals surface area contributed by atoms with Crippen LogP contribution in [0.1, 0.15) is 62.4 Å². The highest BCUT2D eigenvalue weighted by Crippen LogP contribution is 2.24. The first-order valence-electron chi connectivity index (χ1n) is 10.3. The van der Waals surface area contributed by atoms with E-state index in [9.17, 15) is 18.0 Å². The molecule has 0 aromatic heterocycles. The van der Waals surface area contributed by atoms with E-state index < -0.39 is 16.0 Å². The Morgan fingerprint density at radius 3 is 2.45 bits per heavy atom. The first-order chi connectivity index (χ1) is 13.7. The Hall–Kier alpha value is -1.93. The fourth-order valence-electron chi connectivity index (χ4n) is 3.70. The summed E-state index contributed by atoms with van der Waals surface area (Å²) in [4.78, 5) is 24.6. The van der Waals surface area contributed by atoms with Crippen LogP contribution < -0.4 is 5.32 Å². The maximum Gasteiger partial charge on any atom is 0.338 e. The van der Waals surface area contributed by atoms with Gasteiger partial charge in [0.2, 0.25) is 10.0 Å². The number of nitrogens with zero attached hydrogens (tertiary/aromatic N) is 1. The maximum atomic E-state index is 12.8. The van der Waals surface area contributed by atoms with Crippen molar-refractivity contribution in [1.82, 2.24) is 9.62 Å². The summed E-state index contributed by atoms with van der Waals surface area (Å²) in [6.07, 6.45) is 4.28. The summed E-state index contributed by atoms with van der Waals surface area (Å²) in [6.45, 7) is 7.62. The summed E-state index contributed by atoms with van der Waals surface area (Å²) in [7, 11) is -3.70. The molecule has 29 heavy (non-hydrogen) atoms. The van der Waals surface area contributed by atoms with Gasteiger partial charge < -0.3 is 10.1 Å². The van der Waals surface area contributed by atoms with Crippen LogP contribution in [0, 0.1) is 12.8 Å². The zero-order chi connectivity index (χ0) is 21.6. The predicted octanol–water partition coefficient (Wildman–Crippen LogP) is 2.88. The normalized spacial score (nSPS) is 19.8. The molecule has 1 aliphatic carbocycles. The second-order valence-electron chi connectivity index (χ2n) is 7.58. The van der Waals surface area contributed by atoms with Crippen molar-refractivity contribution in [2.45, 2.75) is 64.3 Å². The Bertz CT molecular complexity index is 833. The molecular formula is C21H32N2O5S. The van der Waals surface area contributed by atoms with Crippen LogP contribution in [-0.4, -0.2) is 50.3 Å². The molecule has 2 atom stereocenters. The van der Waals surface area contributed by atoms with E-state index in [1.54, 1.807) is 26.8 Å². The minimum Gasteiger partial charge on any atom is -0.452 e. The second kappa shape index (κ2) is 10.2. The molecular weight excluding hydrogens is 392 g/mol. The van der Waals surface area contributed by atoms with Crippen molar-refractivity contribution in [1.29, 1.82) is 0 Å². The summed E-state index contributed by atoms with van der Waals surface area (Å²) in [5.41, 5.74) is 0.664. The molecule has 1 amide bonds. The highest BCUT2D eigenvalue weighted by atomic mass is 32.2. The predicted molar refractivity (Wildman–Crippen MR) is 111 cm³/mol. The average Bonchev–Trinajstić information content (AvgIpc) is 2.69. The van der Waals surface area contributed by atoms with Gasteiger partial charge in [0.15, 0.2) is 6.61 Å². The van der Waals surface area contributed by atoms with E-state index in [1.807, 2.05) is 0 Å². The van der Waals surface area contributed by atoms with Gasteiger partial charge in [-0.05, 0) is 43.4 Å². The SMILES string of the molecule is CCN(CC)S(=O)(=O)c1cc(C(=O)OCC(=O)N[C@@H]2CCCC[C@@H]2C)ccc1C. The lowest BCUT2D eigenvalue weighted by atomic mass is 9.86. The molecule has 1 aliphatic rings. The van der Waals surface area contributed by atoms with Gasteiger partial charge in [0.05, 0.1) is 10.5 Å². The average molecular weight is 425 g/mol. The topological polar surface area (TPSA) is 92.8 Å². The lowest BCUT2D eigenvalue weighted by Gasteiger charge is -2.29. The van der Waals surface area contributed by atoms with Crippen molar-refractivity contribution in [3.05, 3.63) is 29.3 Å². The third-order valence-corrected chi connectivity index (χ3v) is 7.73. The number of hydrogen-bond donors (Lipinski definition) is 1. The number of benzene rings is 1. The van der Waals surface area contributed by atoms with Gasteiger partial charge in [0.1, 0.15) is 0 Å². The monoisotopic (exact) mass is 424 g/mol. The van der Waals surface area contributed by atoms with Crippen molar-refractivity contribution in [2.24, 2.45) is 5.92 Å².